The highest BCUT2D eigenvalue weighted by Gasteiger charge is 2.29. The van der Waals surface area contributed by atoms with Crippen LogP contribution in [0.1, 0.15) is 32.7 Å². The highest BCUT2D eigenvalue weighted by Crippen LogP contribution is 2.33. The number of nitrogens with zero attached hydrogens (tertiary/aromatic N) is 1. The Bertz CT molecular complexity index is 1260. The van der Waals surface area contributed by atoms with E-state index in [-0.39, 0.29) is 10.8 Å². The first-order chi connectivity index (χ1) is 15.4. The van der Waals surface area contributed by atoms with Crippen molar-refractivity contribution in [1.82, 2.24) is 0 Å². The second kappa shape index (κ2) is 8.84. The summed E-state index contributed by atoms with van der Waals surface area (Å²) in [5, 5.41) is 2.83. The molecule has 0 saturated heterocycles. The van der Waals surface area contributed by atoms with Crippen LogP contribution in [0.15, 0.2) is 77.7 Å². The Kier molecular flexibility index (Phi) is 5.96. The van der Waals surface area contributed by atoms with E-state index < -0.39 is 16.0 Å². The zero-order chi connectivity index (χ0) is 22.7. The third-order valence-electron chi connectivity index (χ3n) is 5.31. The molecule has 0 spiro atoms. The molecule has 0 saturated carbocycles. The largest absolute Gasteiger partial charge is 0.465 e. The topological polar surface area (TPSA) is 92.8 Å². The minimum absolute atomic E-state index is 0.251. The average Bonchev–Trinajstić information content (AvgIpc) is 2.83. The molecule has 4 rings (SSSR count). The van der Waals surface area contributed by atoms with Gasteiger partial charge in [-0.1, -0.05) is 18.2 Å². The van der Waals surface area contributed by atoms with Gasteiger partial charge in [0.1, 0.15) is 0 Å². The Hall–Kier alpha value is -3.65. The summed E-state index contributed by atoms with van der Waals surface area (Å²) >= 11 is 0. The van der Waals surface area contributed by atoms with Crippen LogP contribution in [0.4, 0.5) is 11.4 Å². The summed E-state index contributed by atoms with van der Waals surface area (Å²) in [6.45, 7) is 0.405. The molecular formula is C24H22N2O5S. The van der Waals surface area contributed by atoms with E-state index in [1.54, 1.807) is 54.6 Å². The number of aryl methyl sites for hydroxylation is 1. The van der Waals surface area contributed by atoms with Crippen molar-refractivity contribution < 1.29 is 22.7 Å². The second-order valence-electron chi connectivity index (χ2n) is 7.36. The maximum Gasteiger partial charge on any atom is 0.337 e. The minimum Gasteiger partial charge on any atom is -0.465 e. The summed E-state index contributed by atoms with van der Waals surface area (Å²) in [5.41, 5.74) is 2.81. The average molecular weight is 451 g/mol. The van der Waals surface area contributed by atoms with E-state index in [9.17, 15) is 18.0 Å². The molecule has 0 radical (unpaired) electrons. The zero-order valence-corrected chi connectivity index (χ0v) is 18.3. The van der Waals surface area contributed by atoms with E-state index in [1.807, 2.05) is 6.07 Å². The summed E-state index contributed by atoms with van der Waals surface area (Å²) in [4.78, 5) is 24.4. The predicted molar refractivity (Wildman–Crippen MR) is 121 cm³/mol. The number of fused-ring (bicyclic) bond motifs is 1. The Labute approximate surface area is 186 Å². The van der Waals surface area contributed by atoms with Crippen LogP contribution in [0.25, 0.3) is 0 Å². The lowest BCUT2D eigenvalue weighted by atomic mass is 10.0. The molecule has 0 unspecified atom stereocenters. The van der Waals surface area contributed by atoms with Gasteiger partial charge in [0.15, 0.2) is 0 Å². The van der Waals surface area contributed by atoms with Crippen molar-refractivity contribution >= 4 is 33.3 Å². The van der Waals surface area contributed by atoms with Gasteiger partial charge in [0.05, 0.1) is 23.3 Å². The minimum atomic E-state index is -3.66. The van der Waals surface area contributed by atoms with Crippen molar-refractivity contribution in [1.29, 1.82) is 0 Å². The summed E-state index contributed by atoms with van der Waals surface area (Å²) in [6.07, 6.45) is 1.40. The summed E-state index contributed by atoms with van der Waals surface area (Å²) in [7, 11) is -2.36. The fraction of sp³-hybridized carbons (Fsp3) is 0.167. The number of sulfonamides is 1. The molecule has 0 fully saturated rings. The number of hydrogen-bond donors (Lipinski definition) is 1. The Morgan fingerprint density at radius 3 is 2.31 bits per heavy atom. The van der Waals surface area contributed by atoms with Crippen LogP contribution >= 0.6 is 0 Å². The Balaban J connectivity index is 1.55. The van der Waals surface area contributed by atoms with Gasteiger partial charge in [-0.05, 0) is 73.0 Å². The van der Waals surface area contributed by atoms with Crippen molar-refractivity contribution in [3.05, 3.63) is 89.5 Å². The third-order valence-corrected chi connectivity index (χ3v) is 7.14. The number of ether oxygens (including phenoxy) is 1. The molecule has 0 aliphatic carbocycles. The summed E-state index contributed by atoms with van der Waals surface area (Å²) in [5.74, 6) is -0.799. The number of carbonyl (C=O) groups is 2. The number of rotatable bonds is 5. The number of methoxy groups -OCH3 is 1. The van der Waals surface area contributed by atoms with Gasteiger partial charge >= 0.3 is 5.97 Å². The number of nitrogens with one attached hydrogen (secondary N) is 1. The van der Waals surface area contributed by atoms with Gasteiger partial charge in [0.2, 0.25) is 0 Å². The first-order valence-electron chi connectivity index (χ1n) is 10.1. The molecule has 0 bridgehead atoms. The van der Waals surface area contributed by atoms with Crippen LogP contribution in [0.5, 0.6) is 0 Å². The van der Waals surface area contributed by atoms with Crippen LogP contribution in [0.3, 0.4) is 0 Å². The lowest BCUT2D eigenvalue weighted by Gasteiger charge is -2.30. The van der Waals surface area contributed by atoms with Crippen molar-refractivity contribution in [2.45, 2.75) is 17.7 Å². The van der Waals surface area contributed by atoms with E-state index in [2.05, 4.69) is 10.1 Å². The van der Waals surface area contributed by atoms with Crippen molar-refractivity contribution in [3.63, 3.8) is 0 Å². The highest BCUT2D eigenvalue weighted by molar-refractivity contribution is 7.92. The fourth-order valence-electron chi connectivity index (χ4n) is 3.69. The highest BCUT2D eigenvalue weighted by atomic mass is 32.2. The molecule has 0 aromatic heterocycles. The first-order valence-corrected chi connectivity index (χ1v) is 11.5. The van der Waals surface area contributed by atoms with Gasteiger partial charge < -0.3 is 10.1 Å². The van der Waals surface area contributed by atoms with Crippen LogP contribution in [-0.4, -0.2) is 33.9 Å². The first kappa shape index (κ1) is 21.6. The van der Waals surface area contributed by atoms with Crippen LogP contribution in [0.2, 0.25) is 0 Å². The molecule has 32 heavy (non-hydrogen) atoms. The maximum atomic E-state index is 13.1. The molecule has 1 aliphatic heterocycles. The van der Waals surface area contributed by atoms with Crippen LogP contribution < -0.4 is 9.62 Å². The van der Waals surface area contributed by atoms with Crippen LogP contribution in [-0.2, 0) is 21.2 Å². The van der Waals surface area contributed by atoms with E-state index in [4.69, 9.17) is 0 Å². The van der Waals surface area contributed by atoms with Gasteiger partial charge in [-0.25, -0.2) is 13.2 Å². The monoisotopic (exact) mass is 450 g/mol. The standard InChI is InChI=1S/C24H22N2O5S/c1-31-24(28)18-11-9-17(10-12-18)23(27)25-20-13-14-22-19(16-20)6-5-15-26(22)32(29,30)21-7-3-2-4-8-21/h2-4,7-14,16H,5-6,15H2,1H3,(H,25,27). The molecule has 1 amide bonds. The van der Waals surface area contributed by atoms with E-state index >= 15 is 0 Å². The van der Waals surface area contributed by atoms with Gasteiger partial charge in [0.25, 0.3) is 15.9 Å². The van der Waals surface area contributed by atoms with Gasteiger partial charge in [-0.2, -0.15) is 0 Å². The maximum absolute atomic E-state index is 13.1. The van der Waals surface area contributed by atoms with Crippen molar-refractivity contribution in [2.75, 3.05) is 23.3 Å². The number of hydrogen-bond acceptors (Lipinski definition) is 5. The van der Waals surface area contributed by atoms with E-state index in [0.29, 0.717) is 41.9 Å². The molecule has 1 heterocycles. The Morgan fingerprint density at radius 1 is 0.938 bits per heavy atom. The lowest BCUT2D eigenvalue weighted by Crippen LogP contribution is -2.35. The fourth-order valence-corrected chi connectivity index (χ4v) is 5.25. The number of esters is 1. The van der Waals surface area contributed by atoms with E-state index in [1.165, 1.54) is 23.5 Å². The summed E-state index contributed by atoms with van der Waals surface area (Å²) in [6, 6.07) is 19.7. The van der Waals surface area contributed by atoms with Gasteiger partial charge in [-0.15, -0.1) is 0 Å². The molecule has 164 valence electrons. The molecule has 7 nitrogen and oxygen atoms in total. The molecule has 3 aromatic rings. The SMILES string of the molecule is COC(=O)c1ccc(C(=O)Nc2ccc3c(c2)CCCN3S(=O)(=O)c2ccccc2)cc1. The van der Waals surface area contributed by atoms with Gasteiger partial charge in [0, 0.05) is 17.8 Å². The molecule has 1 N–H and O–H groups in total. The molecule has 0 atom stereocenters. The number of anilines is 2. The van der Waals surface area contributed by atoms with Crippen LogP contribution in [0, 0.1) is 0 Å². The zero-order valence-electron chi connectivity index (χ0n) is 17.4. The van der Waals surface area contributed by atoms with Gasteiger partial charge in [-0.3, -0.25) is 9.10 Å². The van der Waals surface area contributed by atoms with E-state index in [0.717, 1.165) is 5.56 Å². The smallest absolute Gasteiger partial charge is 0.337 e. The molecule has 1 aliphatic rings. The Morgan fingerprint density at radius 2 is 1.62 bits per heavy atom. The second-order valence-corrected chi connectivity index (χ2v) is 9.22. The quantitative estimate of drug-likeness (QED) is 0.596. The molecule has 8 heteroatoms. The third kappa shape index (κ3) is 4.22. The van der Waals surface area contributed by atoms with Crippen molar-refractivity contribution in [2.24, 2.45) is 0 Å². The number of amides is 1. The normalized spacial score (nSPS) is 13.2. The lowest BCUT2D eigenvalue weighted by molar-refractivity contribution is 0.0600. The molecule has 3 aromatic carbocycles. The number of carbonyl (C=O) groups excluding carboxylic acids is 2. The van der Waals surface area contributed by atoms with Crippen molar-refractivity contribution in [3.8, 4) is 0 Å². The number of benzene rings is 3. The molecular weight excluding hydrogens is 428 g/mol. The summed E-state index contributed by atoms with van der Waals surface area (Å²) < 4.78 is 32.3. The predicted octanol–water partition coefficient (Wildman–Crippen LogP) is 3.87.